The third kappa shape index (κ3) is 3.76. The van der Waals surface area contributed by atoms with Crippen molar-refractivity contribution in [3.05, 3.63) is 0 Å². The molecule has 0 amide bonds. The van der Waals surface area contributed by atoms with E-state index in [0.717, 1.165) is 18.6 Å². The zero-order chi connectivity index (χ0) is 11.1. The average Bonchev–Trinajstić information content (AvgIpc) is 2.27. The molecule has 0 spiro atoms. The molecule has 2 unspecified atom stereocenters. The Morgan fingerprint density at radius 2 is 1.87 bits per heavy atom. The van der Waals surface area contributed by atoms with Gasteiger partial charge in [0.1, 0.15) is 0 Å². The minimum Gasteiger partial charge on any atom is -0.313 e. The van der Waals surface area contributed by atoms with E-state index in [1.54, 1.807) is 0 Å². The topological polar surface area (TPSA) is 15.3 Å². The molecule has 1 aliphatic carbocycles. The van der Waals surface area contributed by atoms with Crippen molar-refractivity contribution in [3.8, 4) is 0 Å². The van der Waals surface area contributed by atoms with Crippen LogP contribution in [0.15, 0.2) is 0 Å². The third-order valence-electron chi connectivity index (χ3n) is 3.58. The van der Waals surface area contributed by atoms with Crippen molar-refractivity contribution >= 4 is 0 Å². The molecule has 0 heterocycles. The zero-order valence-corrected chi connectivity index (χ0v) is 10.8. The molecule has 15 heavy (non-hydrogen) atoms. The van der Waals surface area contributed by atoms with Gasteiger partial charge in [-0.15, -0.1) is 0 Å². The van der Waals surface area contributed by atoms with E-state index in [-0.39, 0.29) is 0 Å². The highest BCUT2D eigenvalue weighted by molar-refractivity contribution is 4.87. The van der Waals surface area contributed by atoms with Gasteiger partial charge in [-0.05, 0) is 38.9 Å². The lowest BCUT2D eigenvalue weighted by molar-refractivity contribution is 0.128. The molecule has 1 N–H and O–H groups in total. The van der Waals surface area contributed by atoms with Crippen LogP contribution in [0.1, 0.15) is 52.9 Å². The zero-order valence-electron chi connectivity index (χ0n) is 10.8. The minimum atomic E-state index is 0.746. The SMILES string of the molecule is CCCN(CC)C1CCCCC1NCC. The number of nitrogens with one attached hydrogen (secondary N) is 1. The molecule has 0 saturated heterocycles. The Labute approximate surface area is 95.4 Å². The first-order valence-corrected chi connectivity index (χ1v) is 6.80. The first-order valence-electron chi connectivity index (χ1n) is 6.80. The van der Waals surface area contributed by atoms with Crippen molar-refractivity contribution < 1.29 is 0 Å². The third-order valence-corrected chi connectivity index (χ3v) is 3.58. The molecule has 0 aromatic heterocycles. The molecule has 0 aliphatic heterocycles. The summed E-state index contributed by atoms with van der Waals surface area (Å²) in [4.78, 5) is 2.67. The molecule has 1 saturated carbocycles. The second-order valence-corrected chi connectivity index (χ2v) is 4.64. The van der Waals surface area contributed by atoms with Gasteiger partial charge in [0.2, 0.25) is 0 Å². The van der Waals surface area contributed by atoms with Crippen LogP contribution in [0.5, 0.6) is 0 Å². The number of rotatable bonds is 6. The summed E-state index contributed by atoms with van der Waals surface area (Å²) in [6.45, 7) is 10.4. The summed E-state index contributed by atoms with van der Waals surface area (Å²) in [7, 11) is 0. The molecule has 1 rings (SSSR count). The van der Waals surface area contributed by atoms with Crippen LogP contribution >= 0.6 is 0 Å². The van der Waals surface area contributed by atoms with E-state index in [0.29, 0.717) is 0 Å². The van der Waals surface area contributed by atoms with E-state index in [1.165, 1.54) is 45.2 Å². The Kier molecular flexibility index (Phi) is 6.26. The van der Waals surface area contributed by atoms with Crippen LogP contribution in [0.25, 0.3) is 0 Å². The molecule has 0 aromatic carbocycles. The first-order chi connectivity index (χ1) is 7.33. The van der Waals surface area contributed by atoms with Crippen LogP contribution in [0.3, 0.4) is 0 Å². The lowest BCUT2D eigenvalue weighted by atomic mass is 9.89. The molecule has 0 bridgehead atoms. The van der Waals surface area contributed by atoms with Gasteiger partial charge in [0, 0.05) is 12.1 Å². The van der Waals surface area contributed by atoms with Gasteiger partial charge in [0.05, 0.1) is 0 Å². The molecule has 2 atom stereocenters. The Morgan fingerprint density at radius 3 is 2.47 bits per heavy atom. The van der Waals surface area contributed by atoms with Gasteiger partial charge < -0.3 is 5.32 Å². The lowest BCUT2D eigenvalue weighted by Gasteiger charge is -2.40. The highest BCUT2D eigenvalue weighted by Crippen LogP contribution is 2.23. The van der Waals surface area contributed by atoms with Gasteiger partial charge in [-0.2, -0.15) is 0 Å². The van der Waals surface area contributed by atoms with Gasteiger partial charge in [-0.1, -0.05) is 33.6 Å². The fourth-order valence-electron chi connectivity index (χ4n) is 2.89. The molecule has 1 fully saturated rings. The van der Waals surface area contributed by atoms with Crippen molar-refractivity contribution in [2.75, 3.05) is 19.6 Å². The summed E-state index contributed by atoms with van der Waals surface area (Å²) in [5.41, 5.74) is 0. The van der Waals surface area contributed by atoms with Crippen molar-refractivity contribution in [1.29, 1.82) is 0 Å². The molecule has 0 aromatic rings. The number of nitrogens with zero attached hydrogens (tertiary/aromatic N) is 1. The normalized spacial score (nSPS) is 27.2. The Balaban J connectivity index is 2.52. The molecular formula is C13H28N2. The highest BCUT2D eigenvalue weighted by atomic mass is 15.2. The Hall–Kier alpha value is -0.0800. The van der Waals surface area contributed by atoms with E-state index in [4.69, 9.17) is 0 Å². The Morgan fingerprint density at radius 1 is 1.13 bits per heavy atom. The number of hydrogen-bond acceptors (Lipinski definition) is 2. The molecule has 1 aliphatic rings. The highest BCUT2D eigenvalue weighted by Gasteiger charge is 2.27. The molecular weight excluding hydrogens is 184 g/mol. The molecule has 2 nitrogen and oxygen atoms in total. The fraction of sp³-hybridized carbons (Fsp3) is 1.00. The van der Waals surface area contributed by atoms with E-state index in [9.17, 15) is 0 Å². The van der Waals surface area contributed by atoms with Crippen LogP contribution in [0, 0.1) is 0 Å². The quantitative estimate of drug-likeness (QED) is 0.728. The maximum absolute atomic E-state index is 3.67. The van der Waals surface area contributed by atoms with Crippen molar-refractivity contribution in [2.24, 2.45) is 0 Å². The van der Waals surface area contributed by atoms with E-state index in [2.05, 4.69) is 31.0 Å². The van der Waals surface area contributed by atoms with Gasteiger partial charge in [-0.3, -0.25) is 4.90 Å². The minimum absolute atomic E-state index is 0.746. The molecule has 0 radical (unpaired) electrons. The lowest BCUT2D eigenvalue weighted by Crippen LogP contribution is -2.51. The van der Waals surface area contributed by atoms with Crippen molar-refractivity contribution in [2.45, 2.75) is 65.0 Å². The second-order valence-electron chi connectivity index (χ2n) is 4.64. The van der Waals surface area contributed by atoms with E-state index < -0.39 is 0 Å². The molecule has 2 heteroatoms. The summed E-state index contributed by atoms with van der Waals surface area (Å²) < 4.78 is 0. The number of likely N-dealkylation sites (N-methyl/N-ethyl adjacent to an activating group) is 2. The van der Waals surface area contributed by atoms with Crippen LogP contribution in [-0.4, -0.2) is 36.6 Å². The predicted molar refractivity (Wildman–Crippen MR) is 67.3 cm³/mol. The van der Waals surface area contributed by atoms with E-state index in [1.807, 2.05) is 0 Å². The van der Waals surface area contributed by atoms with Crippen LogP contribution in [-0.2, 0) is 0 Å². The molecule has 90 valence electrons. The first kappa shape index (κ1) is 13.0. The van der Waals surface area contributed by atoms with Crippen molar-refractivity contribution in [1.82, 2.24) is 10.2 Å². The van der Waals surface area contributed by atoms with E-state index >= 15 is 0 Å². The maximum atomic E-state index is 3.67. The summed E-state index contributed by atoms with van der Waals surface area (Å²) in [5.74, 6) is 0. The van der Waals surface area contributed by atoms with Gasteiger partial charge >= 0.3 is 0 Å². The average molecular weight is 212 g/mol. The monoisotopic (exact) mass is 212 g/mol. The Bertz CT molecular complexity index is 148. The van der Waals surface area contributed by atoms with Crippen LogP contribution in [0.2, 0.25) is 0 Å². The van der Waals surface area contributed by atoms with Gasteiger partial charge in [-0.25, -0.2) is 0 Å². The summed E-state index contributed by atoms with van der Waals surface area (Å²) >= 11 is 0. The summed E-state index contributed by atoms with van der Waals surface area (Å²) in [6.07, 6.45) is 6.89. The number of hydrogen-bond donors (Lipinski definition) is 1. The fourth-order valence-corrected chi connectivity index (χ4v) is 2.89. The van der Waals surface area contributed by atoms with Crippen LogP contribution < -0.4 is 5.32 Å². The largest absolute Gasteiger partial charge is 0.313 e. The van der Waals surface area contributed by atoms with Crippen LogP contribution in [0.4, 0.5) is 0 Å². The standard InChI is InChI=1S/C13H28N2/c1-4-11-15(6-3)13-10-8-7-9-12(13)14-5-2/h12-14H,4-11H2,1-3H3. The van der Waals surface area contributed by atoms with Gasteiger partial charge in [0.25, 0.3) is 0 Å². The smallest absolute Gasteiger partial charge is 0.0249 e. The van der Waals surface area contributed by atoms with Crippen molar-refractivity contribution in [3.63, 3.8) is 0 Å². The predicted octanol–water partition coefficient (Wildman–Crippen LogP) is 2.64. The second kappa shape index (κ2) is 7.24. The summed E-state index contributed by atoms with van der Waals surface area (Å²) in [5, 5.41) is 3.67. The van der Waals surface area contributed by atoms with Gasteiger partial charge in [0.15, 0.2) is 0 Å². The summed E-state index contributed by atoms with van der Waals surface area (Å²) in [6, 6.07) is 1.54. The maximum Gasteiger partial charge on any atom is 0.0249 e.